The first kappa shape index (κ1) is 14.3. The summed E-state index contributed by atoms with van der Waals surface area (Å²) in [6.45, 7) is 3.68. The van der Waals surface area contributed by atoms with Gasteiger partial charge < -0.3 is 5.11 Å². The van der Waals surface area contributed by atoms with Crippen molar-refractivity contribution in [2.45, 2.75) is 51.4 Å². The van der Waals surface area contributed by atoms with E-state index in [9.17, 15) is 18.0 Å². The van der Waals surface area contributed by atoms with Gasteiger partial charge in [0.2, 0.25) is 0 Å². The van der Waals surface area contributed by atoms with E-state index in [-0.39, 0.29) is 6.04 Å². The van der Waals surface area contributed by atoms with Crippen molar-refractivity contribution in [1.29, 1.82) is 0 Å². The van der Waals surface area contributed by atoms with Crippen molar-refractivity contribution >= 4 is 5.97 Å². The smallest absolute Gasteiger partial charge is 0.404 e. The number of carbonyl (C=O) groups is 1. The van der Waals surface area contributed by atoms with Gasteiger partial charge in [0, 0.05) is 12.6 Å². The molecule has 0 saturated heterocycles. The van der Waals surface area contributed by atoms with E-state index in [1.165, 1.54) is 4.90 Å². The van der Waals surface area contributed by atoms with Gasteiger partial charge in [0.15, 0.2) is 0 Å². The van der Waals surface area contributed by atoms with Crippen LogP contribution in [0, 0.1) is 5.92 Å². The quantitative estimate of drug-likeness (QED) is 0.790. The molecular weight excluding hydrogens is 235 g/mol. The molecule has 0 aromatic rings. The molecule has 0 spiro atoms. The highest BCUT2D eigenvalue weighted by atomic mass is 19.4. The molecule has 0 heterocycles. The standard InChI is InChI=1S/C11H18F3NO2/c1-7(2)15(6-8-3-4-8)9(5-10(16)17)11(12,13)14/h7-9H,3-6H2,1-2H3,(H,16,17). The van der Waals surface area contributed by atoms with Gasteiger partial charge in [-0.3, -0.25) is 9.69 Å². The topological polar surface area (TPSA) is 40.5 Å². The molecule has 1 saturated carbocycles. The van der Waals surface area contributed by atoms with Gasteiger partial charge in [0.05, 0.1) is 6.42 Å². The van der Waals surface area contributed by atoms with Crippen molar-refractivity contribution < 1.29 is 23.1 Å². The molecule has 1 rings (SSSR count). The van der Waals surface area contributed by atoms with Gasteiger partial charge in [-0.1, -0.05) is 0 Å². The number of aliphatic carboxylic acids is 1. The minimum absolute atomic E-state index is 0.302. The van der Waals surface area contributed by atoms with Gasteiger partial charge >= 0.3 is 12.1 Å². The van der Waals surface area contributed by atoms with Crippen LogP contribution in [0.15, 0.2) is 0 Å². The Hall–Kier alpha value is -0.780. The summed E-state index contributed by atoms with van der Waals surface area (Å²) >= 11 is 0. The second kappa shape index (κ2) is 5.25. The molecule has 1 aliphatic rings. The Balaban J connectivity index is 2.78. The largest absolute Gasteiger partial charge is 0.481 e. The number of alkyl halides is 3. The molecule has 3 nitrogen and oxygen atoms in total. The number of rotatable bonds is 6. The van der Waals surface area contributed by atoms with Crippen LogP contribution in [-0.2, 0) is 4.79 Å². The second-order valence-electron chi connectivity index (χ2n) is 4.89. The maximum Gasteiger partial charge on any atom is 0.404 e. The van der Waals surface area contributed by atoms with Crippen molar-refractivity contribution in [3.05, 3.63) is 0 Å². The van der Waals surface area contributed by atoms with Crippen LogP contribution in [0.1, 0.15) is 33.1 Å². The Kier molecular flexibility index (Phi) is 4.41. The maximum absolute atomic E-state index is 12.9. The van der Waals surface area contributed by atoms with Crippen molar-refractivity contribution in [1.82, 2.24) is 4.90 Å². The lowest BCUT2D eigenvalue weighted by atomic mass is 10.1. The molecule has 6 heteroatoms. The highest BCUT2D eigenvalue weighted by Gasteiger charge is 2.46. The highest BCUT2D eigenvalue weighted by Crippen LogP contribution is 2.35. The first-order chi connectivity index (χ1) is 7.71. The molecule has 17 heavy (non-hydrogen) atoms. The summed E-state index contributed by atoms with van der Waals surface area (Å²) < 4.78 is 38.6. The zero-order valence-corrected chi connectivity index (χ0v) is 10.00. The third-order valence-corrected chi connectivity index (χ3v) is 2.98. The summed E-state index contributed by atoms with van der Waals surface area (Å²) in [4.78, 5) is 11.8. The lowest BCUT2D eigenvalue weighted by molar-refractivity contribution is -0.195. The summed E-state index contributed by atoms with van der Waals surface area (Å²) in [5.41, 5.74) is 0. The Bertz CT molecular complexity index is 274. The number of carboxylic acid groups (broad SMARTS) is 1. The zero-order chi connectivity index (χ0) is 13.2. The van der Waals surface area contributed by atoms with Gasteiger partial charge in [-0.25, -0.2) is 0 Å². The average Bonchev–Trinajstić information content (AvgIpc) is 2.91. The minimum atomic E-state index is -4.49. The summed E-state index contributed by atoms with van der Waals surface area (Å²) in [5, 5.41) is 8.60. The normalized spacial score (nSPS) is 18.8. The van der Waals surface area contributed by atoms with E-state index in [1.807, 2.05) is 0 Å². The molecular formula is C11H18F3NO2. The van der Waals surface area contributed by atoms with Gasteiger partial charge in [-0.2, -0.15) is 13.2 Å². The molecule has 0 bridgehead atoms. The van der Waals surface area contributed by atoms with E-state index in [0.717, 1.165) is 12.8 Å². The van der Waals surface area contributed by atoms with Crippen LogP contribution >= 0.6 is 0 Å². The number of carboxylic acids is 1. The summed E-state index contributed by atoms with van der Waals surface area (Å²) in [5.74, 6) is -1.11. The Morgan fingerprint density at radius 2 is 1.94 bits per heavy atom. The SMILES string of the molecule is CC(C)N(CC1CC1)C(CC(=O)O)C(F)(F)F. The van der Waals surface area contributed by atoms with E-state index < -0.39 is 24.6 Å². The maximum atomic E-state index is 12.9. The van der Waals surface area contributed by atoms with E-state index in [2.05, 4.69) is 0 Å². The lowest BCUT2D eigenvalue weighted by Gasteiger charge is -2.35. The molecule has 0 aliphatic heterocycles. The van der Waals surface area contributed by atoms with Crippen LogP contribution in [0.3, 0.4) is 0 Å². The van der Waals surface area contributed by atoms with Crippen LogP contribution in [0.5, 0.6) is 0 Å². The van der Waals surface area contributed by atoms with Crippen LogP contribution in [-0.4, -0.2) is 40.8 Å². The van der Waals surface area contributed by atoms with E-state index in [4.69, 9.17) is 5.11 Å². The monoisotopic (exact) mass is 253 g/mol. The Labute approximate surface area is 98.6 Å². The second-order valence-corrected chi connectivity index (χ2v) is 4.89. The van der Waals surface area contributed by atoms with Crippen molar-refractivity contribution in [2.24, 2.45) is 5.92 Å². The molecule has 0 aromatic carbocycles. The summed E-state index contributed by atoms with van der Waals surface area (Å²) in [6, 6.07) is -2.18. The number of halogens is 3. The summed E-state index contributed by atoms with van der Waals surface area (Å²) in [7, 11) is 0. The number of nitrogens with zero attached hydrogens (tertiary/aromatic N) is 1. The molecule has 1 N–H and O–H groups in total. The first-order valence-electron chi connectivity index (χ1n) is 5.76. The van der Waals surface area contributed by atoms with Crippen LogP contribution in [0.4, 0.5) is 13.2 Å². The lowest BCUT2D eigenvalue weighted by Crippen LogP contribution is -2.50. The molecule has 1 unspecified atom stereocenters. The van der Waals surface area contributed by atoms with Crippen LogP contribution < -0.4 is 0 Å². The van der Waals surface area contributed by atoms with Gasteiger partial charge in [0.25, 0.3) is 0 Å². The predicted molar refractivity (Wildman–Crippen MR) is 56.7 cm³/mol. The average molecular weight is 253 g/mol. The van der Waals surface area contributed by atoms with Crippen LogP contribution in [0.2, 0.25) is 0 Å². The zero-order valence-electron chi connectivity index (χ0n) is 10.00. The molecule has 0 amide bonds. The van der Waals surface area contributed by atoms with Gasteiger partial charge in [-0.15, -0.1) is 0 Å². The molecule has 1 aliphatic carbocycles. The number of hydrogen-bond acceptors (Lipinski definition) is 2. The Morgan fingerprint density at radius 3 is 2.24 bits per heavy atom. The summed E-state index contributed by atoms with van der Waals surface area (Å²) in [6.07, 6.45) is -3.48. The van der Waals surface area contributed by atoms with E-state index in [1.54, 1.807) is 13.8 Å². The van der Waals surface area contributed by atoms with Gasteiger partial charge in [0.1, 0.15) is 6.04 Å². The van der Waals surface area contributed by atoms with E-state index >= 15 is 0 Å². The highest BCUT2D eigenvalue weighted by molar-refractivity contribution is 5.67. The van der Waals surface area contributed by atoms with Crippen molar-refractivity contribution in [3.63, 3.8) is 0 Å². The predicted octanol–water partition coefficient (Wildman–Crippen LogP) is 2.51. The molecule has 1 atom stereocenters. The third-order valence-electron chi connectivity index (χ3n) is 2.98. The molecule has 100 valence electrons. The fourth-order valence-electron chi connectivity index (χ4n) is 1.88. The van der Waals surface area contributed by atoms with Crippen molar-refractivity contribution in [2.75, 3.05) is 6.54 Å². The Morgan fingerprint density at radius 1 is 1.41 bits per heavy atom. The third kappa shape index (κ3) is 4.53. The number of hydrogen-bond donors (Lipinski definition) is 1. The van der Waals surface area contributed by atoms with Crippen LogP contribution in [0.25, 0.3) is 0 Å². The van der Waals surface area contributed by atoms with E-state index in [0.29, 0.717) is 12.5 Å². The van der Waals surface area contributed by atoms with Crippen molar-refractivity contribution in [3.8, 4) is 0 Å². The fraction of sp³-hybridized carbons (Fsp3) is 0.909. The minimum Gasteiger partial charge on any atom is -0.481 e. The fourth-order valence-corrected chi connectivity index (χ4v) is 1.88. The molecule has 1 fully saturated rings. The molecule has 0 aromatic heterocycles. The van der Waals surface area contributed by atoms with Gasteiger partial charge in [-0.05, 0) is 32.6 Å². The molecule has 0 radical (unpaired) electrons. The first-order valence-corrected chi connectivity index (χ1v) is 5.76.